The Hall–Kier alpha value is -3.98. The quantitative estimate of drug-likeness (QED) is 0.408. The standard InChI is InChI=1S/C24H21N3O5S/c1-17-11-12-22-25-19(14-23(28)27(22)15-17)16-32-24(29)18-7-6-10-21(13-18)33(30,31)26(2)20-8-4-3-5-9-20/h3-15H,16H2,1-2H3. The summed E-state index contributed by atoms with van der Waals surface area (Å²) in [5.74, 6) is -0.722. The summed E-state index contributed by atoms with van der Waals surface area (Å²) in [4.78, 5) is 29.2. The molecule has 0 saturated heterocycles. The van der Waals surface area contributed by atoms with Gasteiger partial charge >= 0.3 is 5.97 Å². The van der Waals surface area contributed by atoms with E-state index in [4.69, 9.17) is 4.74 Å². The van der Waals surface area contributed by atoms with Crippen molar-refractivity contribution in [2.45, 2.75) is 18.4 Å². The number of hydrogen-bond donors (Lipinski definition) is 0. The van der Waals surface area contributed by atoms with Crippen LogP contribution in [-0.4, -0.2) is 30.8 Å². The summed E-state index contributed by atoms with van der Waals surface area (Å²) in [5.41, 5.74) is 1.94. The zero-order chi connectivity index (χ0) is 23.6. The van der Waals surface area contributed by atoms with Crippen molar-refractivity contribution in [3.8, 4) is 0 Å². The van der Waals surface area contributed by atoms with Crippen LogP contribution in [0.15, 0.2) is 88.7 Å². The van der Waals surface area contributed by atoms with Gasteiger partial charge < -0.3 is 4.74 Å². The maximum Gasteiger partial charge on any atom is 0.338 e. The van der Waals surface area contributed by atoms with E-state index in [1.807, 2.05) is 13.0 Å². The molecule has 0 fully saturated rings. The number of pyridine rings is 1. The average molecular weight is 464 g/mol. The number of anilines is 1. The van der Waals surface area contributed by atoms with Crippen molar-refractivity contribution < 1.29 is 17.9 Å². The molecule has 0 saturated carbocycles. The monoisotopic (exact) mass is 463 g/mol. The number of para-hydroxylation sites is 1. The van der Waals surface area contributed by atoms with Crippen molar-refractivity contribution in [1.29, 1.82) is 0 Å². The molecule has 0 aliphatic carbocycles. The van der Waals surface area contributed by atoms with Crippen LogP contribution in [0.3, 0.4) is 0 Å². The Bertz CT molecular complexity index is 1500. The van der Waals surface area contributed by atoms with Crippen molar-refractivity contribution in [3.05, 3.63) is 106 Å². The first-order chi connectivity index (χ1) is 15.8. The van der Waals surface area contributed by atoms with E-state index in [1.54, 1.807) is 42.6 Å². The highest BCUT2D eigenvalue weighted by Crippen LogP contribution is 2.22. The summed E-state index contributed by atoms with van der Waals surface area (Å²) < 4.78 is 33.9. The van der Waals surface area contributed by atoms with Gasteiger partial charge in [0.25, 0.3) is 15.6 Å². The number of fused-ring (bicyclic) bond motifs is 1. The first-order valence-electron chi connectivity index (χ1n) is 10.1. The number of nitrogens with zero attached hydrogens (tertiary/aromatic N) is 3. The number of benzene rings is 2. The Morgan fingerprint density at radius 3 is 2.55 bits per heavy atom. The highest BCUT2D eigenvalue weighted by molar-refractivity contribution is 7.92. The molecule has 2 aromatic carbocycles. The van der Waals surface area contributed by atoms with Crippen LogP contribution in [0.1, 0.15) is 21.6 Å². The summed E-state index contributed by atoms with van der Waals surface area (Å²) in [6.45, 7) is 1.65. The van der Waals surface area contributed by atoms with Crippen LogP contribution in [0.5, 0.6) is 0 Å². The molecule has 0 radical (unpaired) electrons. The number of carbonyl (C=O) groups is 1. The predicted molar refractivity (Wildman–Crippen MR) is 124 cm³/mol. The molecule has 0 atom stereocenters. The van der Waals surface area contributed by atoms with Crippen molar-refractivity contribution in [1.82, 2.24) is 9.38 Å². The first kappa shape index (κ1) is 22.2. The van der Waals surface area contributed by atoms with Crippen LogP contribution in [0.4, 0.5) is 5.69 Å². The van der Waals surface area contributed by atoms with Gasteiger partial charge in [-0.05, 0) is 48.9 Å². The van der Waals surface area contributed by atoms with Gasteiger partial charge in [0.15, 0.2) is 0 Å². The molecule has 33 heavy (non-hydrogen) atoms. The second-order valence-corrected chi connectivity index (χ2v) is 9.40. The van der Waals surface area contributed by atoms with Gasteiger partial charge in [0.1, 0.15) is 12.3 Å². The van der Waals surface area contributed by atoms with Crippen LogP contribution in [-0.2, 0) is 21.4 Å². The molecule has 9 heteroatoms. The molecule has 4 aromatic rings. The molecule has 2 heterocycles. The van der Waals surface area contributed by atoms with Crippen molar-refractivity contribution in [3.63, 3.8) is 0 Å². The Morgan fingerprint density at radius 2 is 1.79 bits per heavy atom. The lowest BCUT2D eigenvalue weighted by Gasteiger charge is -2.19. The van der Waals surface area contributed by atoms with E-state index < -0.39 is 16.0 Å². The van der Waals surface area contributed by atoms with Crippen LogP contribution in [0.2, 0.25) is 0 Å². The number of ether oxygens (including phenoxy) is 1. The third kappa shape index (κ3) is 4.63. The van der Waals surface area contributed by atoms with E-state index in [1.165, 1.54) is 41.8 Å². The van der Waals surface area contributed by atoms with E-state index in [9.17, 15) is 18.0 Å². The van der Waals surface area contributed by atoms with E-state index in [0.717, 1.165) is 9.87 Å². The highest BCUT2D eigenvalue weighted by atomic mass is 32.2. The second kappa shape index (κ2) is 8.87. The number of aromatic nitrogens is 2. The molecule has 0 N–H and O–H groups in total. The van der Waals surface area contributed by atoms with Crippen LogP contribution in [0, 0.1) is 6.92 Å². The lowest BCUT2D eigenvalue weighted by molar-refractivity contribution is 0.0467. The molecule has 0 aliphatic rings. The third-order valence-electron chi connectivity index (χ3n) is 5.06. The molecule has 0 amide bonds. The SMILES string of the molecule is Cc1ccc2nc(COC(=O)c3cccc(S(=O)(=O)N(C)c4ccccc4)c3)cc(=O)n2c1. The summed E-state index contributed by atoms with van der Waals surface area (Å²) in [7, 11) is -2.43. The number of aryl methyl sites for hydroxylation is 1. The van der Waals surface area contributed by atoms with Crippen molar-refractivity contribution in [2.75, 3.05) is 11.4 Å². The lowest BCUT2D eigenvalue weighted by Crippen LogP contribution is -2.26. The highest BCUT2D eigenvalue weighted by Gasteiger charge is 2.22. The summed E-state index contributed by atoms with van der Waals surface area (Å²) >= 11 is 0. The fraction of sp³-hybridized carbons (Fsp3) is 0.125. The maximum atomic E-state index is 13.0. The van der Waals surface area contributed by atoms with Gasteiger partial charge in [0, 0.05) is 19.3 Å². The molecular weight excluding hydrogens is 442 g/mol. The predicted octanol–water partition coefficient (Wildman–Crippen LogP) is 3.19. The molecule has 8 nitrogen and oxygen atoms in total. The second-order valence-electron chi connectivity index (χ2n) is 7.43. The number of esters is 1. The molecule has 0 unspecified atom stereocenters. The number of hydrogen-bond acceptors (Lipinski definition) is 6. The third-order valence-corrected chi connectivity index (χ3v) is 6.84. The van der Waals surface area contributed by atoms with E-state index >= 15 is 0 Å². The minimum Gasteiger partial charge on any atom is -0.456 e. The van der Waals surface area contributed by atoms with Crippen molar-refractivity contribution >= 4 is 27.3 Å². The summed E-state index contributed by atoms with van der Waals surface area (Å²) in [5, 5.41) is 0. The fourth-order valence-corrected chi connectivity index (χ4v) is 4.52. The molecular formula is C24H21N3O5S. The molecule has 168 valence electrons. The molecule has 0 spiro atoms. The van der Waals surface area contributed by atoms with Gasteiger partial charge in [-0.1, -0.05) is 30.3 Å². The zero-order valence-corrected chi connectivity index (χ0v) is 18.8. The summed E-state index contributed by atoms with van der Waals surface area (Å²) in [6, 6.07) is 19.1. The molecule has 4 rings (SSSR count). The topological polar surface area (TPSA) is 98.0 Å². The maximum absolute atomic E-state index is 13.0. The van der Waals surface area contributed by atoms with E-state index in [2.05, 4.69) is 4.98 Å². The van der Waals surface area contributed by atoms with Crippen LogP contribution in [0.25, 0.3) is 5.65 Å². The largest absolute Gasteiger partial charge is 0.456 e. The number of carbonyl (C=O) groups excluding carboxylic acids is 1. The average Bonchev–Trinajstić information content (AvgIpc) is 2.83. The zero-order valence-electron chi connectivity index (χ0n) is 18.0. The Balaban J connectivity index is 1.53. The summed E-state index contributed by atoms with van der Waals surface area (Å²) in [6.07, 6.45) is 1.68. The molecule has 2 aromatic heterocycles. The van der Waals surface area contributed by atoms with Gasteiger partial charge in [-0.2, -0.15) is 0 Å². The normalized spacial score (nSPS) is 11.3. The van der Waals surface area contributed by atoms with E-state index in [0.29, 0.717) is 17.0 Å². The smallest absolute Gasteiger partial charge is 0.338 e. The Morgan fingerprint density at radius 1 is 1.03 bits per heavy atom. The van der Waals surface area contributed by atoms with Gasteiger partial charge in [0.05, 0.1) is 21.8 Å². The van der Waals surface area contributed by atoms with Gasteiger partial charge in [-0.25, -0.2) is 18.2 Å². The fourth-order valence-electron chi connectivity index (χ4n) is 3.27. The number of sulfonamides is 1. The van der Waals surface area contributed by atoms with Gasteiger partial charge in [0.2, 0.25) is 0 Å². The molecule has 0 bridgehead atoms. The first-order valence-corrected chi connectivity index (χ1v) is 11.5. The Kier molecular flexibility index (Phi) is 5.97. The number of rotatable bonds is 6. The van der Waals surface area contributed by atoms with E-state index in [-0.39, 0.29) is 22.6 Å². The Labute approximate surface area is 190 Å². The minimum atomic E-state index is -3.88. The van der Waals surface area contributed by atoms with Crippen LogP contribution >= 0.6 is 0 Å². The van der Waals surface area contributed by atoms with Gasteiger partial charge in [-0.3, -0.25) is 13.5 Å². The molecule has 0 aliphatic heterocycles. The minimum absolute atomic E-state index is 0.0410. The van der Waals surface area contributed by atoms with Crippen LogP contribution < -0.4 is 9.86 Å². The lowest BCUT2D eigenvalue weighted by atomic mass is 10.2. The van der Waals surface area contributed by atoms with Crippen molar-refractivity contribution in [2.24, 2.45) is 0 Å². The van der Waals surface area contributed by atoms with Gasteiger partial charge in [-0.15, -0.1) is 0 Å².